The number of aromatic amines is 1. The zero-order chi connectivity index (χ0) is 15.4. The van der Waals surface area contributed by atoms with Crippen molar-refractivity contribution in [3.8, 4) is 11.1 Å². The summed E-state index contributed by atoms with van der Waals surface area (Å²) in [5.41, 5.74) is 3.67. The Kier molecular flexibility index (Phi) is 3.96. The minimum Gasteiger partial charge on any atom is -0.344 e. The standard InChI is InChI=1S/C17H16N4O/c1-12(21-17(22)16-10-19-11-20-16)13-4-6-14(7-5-13)15-3-2-8-18-9-15/h2-12H,1H3,(H,19,20)(H,21,22)/t12-/m0/s1. The van der Waals surface area contributed by atoms with E-state index >= 15 is 0 Å². The summed E-state index contributed by atoms with van der Waals surface area (Å²) in [5, 5.41) is 2.94. The van der Waals surface area contributed by atoms with Gasteiger partial charge in [-0.3, -0.25) is 9.78 Å². The molecule has 110 valence electrons. The zero-order valence-corrected chi connectivity index (χ0v) is 12.2. The third-order valence-electron chi connectivity index (χ3n) is 3.50. The van der Waals surface area contributed by atoms with Crippen LogP contribution in [0.4, 0.5) is 0 Å². The molecule has 3 aromatic rings. The molecule has 0 aliphatic heterocycles. The number of aromatic nitrogens is 3. The van der Waals surface area contributed by atoms with Crippen LogP contribution in [-0.4, -0.2) is 20.9 Å². The second-order valence-electron chi connectivity index (χ2n) is 5.02. The van der Waals surface area contributed by atoms with Crippen molar-refractivity contribution in [1.29, 1.82) is 0 Å². The van der Waals surface area contributed by atoms with Crippen molar-refractivity contribution in [2.45, 2.75) is 13.0 Å². The van der Waals surface area contributed by atoms with E-state index < -0.39 is 0 Å². The molecule has 0 fully saturated rings. The third kappa shape index (κ3) is 3.03. The molecule has 0 radical (unpaired) electrons. The van der Waals surface area contributed by atoms with E-state index in [2.05, 4.69) is 20.3 Å². The van der Waals surface area contributed by atoms with E-state index in [0.717, 1.165) is 16.7 Å². The van der Waals surface area contributed by atoms with Crippen LogP contribution >= 0.6 is 0 Å². The average molecular weight is 292 g/mol. The molecule has 0 saturated carbocycles. The Morgan fingerprint density at radius 2 is 1.91 bits per heavy atom. The third-order valence-corrected chi connectivity index (χ3v) is 3.50. The van der Waals surface area contributed by atoms with Gasteiger partial charge >= 0.3 is 0 Å². The lowest BCUT2D eigenvalue weighted by Crippen LogP contribution is -2.26. The van der Waals surface area contributed by atoms with Gasteiger partial charge in [0.15, 0.2) is 0 Å². The minimum absolute atomic E-state index is 0.0845. The number of H-pyrrole nitrogens is 1. The van der Waals surface area contributed by atoms with Crippen LogP contribution in [0.3, 0.4) is 0 Å². The molecule has 3 rings (SSSR count). The van der Waals surface area contributed by atoms with Crippen molar-refractivity contribution in [3.63, 3.8) is 0 Å². The van der Waals surface area contributed by atoms with Crippen LogP contribution in [0.1, 0.15) is 29.0 Å². The monoisotopic (exact) mass is 292 g/mol. The lowest BCUT2D eigenvalue weighted by atomic mass is 10.0. The van der Waals surface area contributed by atoms with Crippen LogP contribution < -0.4 is 5.32 Å². The van der Waals surface area contributed by atoms with Gasteiger partial charge in [0.2, 0.25) is 0 Å². The zero-order valence-electron chi connectivity index (χ0n) is 12.2. The SMILES string of the molecule is C[C@H](NC(=O)c1cnc[nH]1)c1ccc(-c2cccnc2)cc1. The molecule has 0 aliphatic rings. The lowest BCUT2D eigenvalue weighted by molar-refractivity contribution is 0.0935. The van der Waals surface area contributed by atoms with Crippen molar-refractivity contribution < 1.29 is 4.79 Å². The van der Waals surface area contributed by atoms with Crippen LogP contribution in [0.15, 0.2) is 61.3 Å². The Balaban J connectivity index is 1.71. The largest absolute Gasteiger partial charge is 0.344 e. The highest BCUT2D eigenvalue weighted by atomic mass is 16.1. The molecule has 5 nitrogen and oxygen atoms in total. The number of amides is 1. The topological polar surface area (TPSA) is 70.7 Å². The van der Waals surface area contributed by atoms with E-state index in [-0.39, 0.29) is 11.9 Å². The molecule has 1 aromatic carbocycles. The van der Waals surface area contributed by atoms with Gasteiger partial charge in [-0.2, -0.15) is 0 Å². The summed E-state index contributed by atoms with van der Waals surface area (Å²) in [5.74, 6) is -0.165. The quantitative estimate of drug-likeness (QED) is 0.776. The average Bonchev–Trinajstić information content (AvgIpc) is 3.10. The molecule has 22 heavy (non-hydrogen) atoms. The summed E-state index contributed by atoms with van der Waals surface area (Å²) in [4.78, 5) is 22.7. The van der Waals surface area contributed by atoms with Gasteiger partial charge < -0.3 is 10.3 Å². The van der Waals surface area contributed by atoms with Crippen molar-refractivity contribution in [3.05, 3.63) is 72.6 Å². The molecule has 0 saturated heterocycles. The molecule has 2 N–H and O–H groups in total. The second-order valence-corrected chi connectivity index (χ2v) is 5.02. The molecule has 0 unspecified atom stereocenters. The predicted molar refractivity (Wildman–Crippen MR) is 84.1 cm³/mol. The van der Waals surface area contributed by atoms with Crippen LogP contribution in [0, 0.1) is 0 Å². The number of benzene rings is 1. The fourth-order valence-corrected chi connectivity index (χ4v) is 2.24. The molecule has 1 atom stereocenters. The van der Waals surface area contributed by atoms with Crippen molar-refractivity contribution >= 4 is 5.91 Å². The molecule has 0 bridgehead atoms. The molecule has 0 aliphatic carbocycles. The Hall–Kier alpha value is -2.95. The molecule has 0 spiro atoms. The highest BCUT2D eigenvalue weighted by molar-refractivity contribution is 5.92. The molecule has 2 aromatic heterocycles. The number of nitrogens with zero attached hydrogens (tertiary/aromatic N) is 2. The van der Waals surface area contributed by atoms with E-state index in [4.69, 9.17) is 0 Å². The summed E-state index contributed by atoms with van der Waals surface area (Å²) >= 11 is 0. The summed E-state index contributed by atoms with van der Waals surface area (Å²) in [7, 11) is 0. The van der Waals surface area contributed by atoms with Crippen LogP contribution in [0.25, 0.3) is 11.1 Å². The predicted octanol–water partition coefficient (Wildman–Crippen LogP) is 2.96. The number of imidazole rings is 1. The molecule has 2 heterocycles. The number of nitrogens with one attached hydrogen (secondary N) is 2. The summed E-state index contributed by atoms with van der Waals surface area (Å²) in [6.07, 6.45) is 6.58. The Morgan fingerprint density at radius 1 is 1.09 bits per heavy atom. The summed E-state index contributed by atoms with van der Waals surface area (Å²) in [6.45, 7) is 1.95. The Bertz CT molecular complexity index is 736. The van der Waals surface area contributed by atoms with E-state index in [0.29, 0.717) is 5.69 Å². The molecular weight excluding hydrogens is 276 g/mol. The van der Waals surface area contributed by atoms with Crippen LogP contribution in [-0.2, 0) is 0 Å². The van der Waals surface area contributed by atoms with Gasteiger partial charge in [0, 0.05) is 12.4 Å². The minimum atomic E-state index is -0.165. The summed E-state index contributed by atoms with van der Waals surface area (Å²) in [6, 6.07) is 11.9. The van der Waals surface area contributed by atoms with Crippen LogP contribution in [0.2, 0.25) is 0 Å². The maximum absolute atomic E-state index is 12.0. The van der Waals surface area contributed by atoms with Crippen LogP contribution in [0.5, 0.6) is 0 Å². The van der Waals surface area contributed by atoms with Gasteiger partial charge in [-0.15, -0.1) is 0 Å². The first-order valence-electron chi connectivity index (χ1n) is 7.03. The summed E-state index contributed by atoms with van der Waals surface area (Å²) < 4.78 is 0. The Morgan fingerprint density at radius 3 is 2.55 bits per heavy atom. The van der Waals surface area contributed by atoms with Crippen molar-refractivity contribution in [2.75, 3.05) is 0 Å². The second kappa shape index (κ2) is 6.22. The number of hydrogen-bond donors (Lipinski definition) is 2. The fourth-order valence-electron chi connectivity index (χ4n) is 2.24. The molecule has 5 heteroatoms. The number of pyridine rings is 1. The molecule has 1 amide bonds. The number of hydrogen-bond acceptors (Lipinski definition) is 3. The Labute approximate surface area is 128 Å². The lowest BCUT2D eigenvalue weighted by Gasteiger charge is -2.14. The van der Waals surface area contributed by atoms with Crippen molar-refractivity contribution in [2.24, 2.45) is 0 Å². The highest BCUT2D eigenvalue weighted by Crippen LogP contribution is 2.21. The first-order valence-corrected chi connectivity index (χ1v) is 7.03. The number of rotatable bonds is 4. The maximum atomic E-state index is 12.0. The molecular formula is C17H16N4O. The van der Waals surface area contributed by atoms with Gasteiger partial charge in [-0.25, -0.2) is 4.98 Å². The highest BCUT2D eigenvalue weighted by Gasteiger charge is 2.12. The van der Waals surface area contributed by atoms with Gasteiger partial charge in [0.25, 0.3) is 5.91 Å². The first-order chi connectivity index (χ1) is 10.7. The van der Waals surface area contributed by atoms with Gasteiger partial charge in [-0.1, -0.05) is 30.3 Å². The van der Waals surface area contributed by atoms with Gasteiger partial charge in [-0.05, 0) is 29.7 Å². The normalized spacial score (nSPS) is 11.9. The maximum Gasteiger partial charge on any atom is 0.269 e. The van der Waals surface area contributed by atoms with E-state index in [1.165, 1.54) is 12.5 Å². The van der Waals surface area contributed by atoms with Crippen molar-refractivity contribution in [1.82, 2.24) is 20.3 Å². The van der Waals surface area contributed by atoms with Gasteiger partial charge in [0.05, 0.1) is 18.6 Å². The van der Waals surface area contributed by atoms with E-state index in [1.54, 1.807) is 6.20 Å². The first kappa shape index (κ1) is 14.0. The number of carbonyl (C=O) groups is 1. The fraction of sp³-hybridized carbons (Fsp3) is 0.118. The smallest absolute Gasteiger partial charge is 0.269 e. The van der Waals surface area contributed by atoms with E-state index in [1.807, 2.05) is 49.5 Å². The van der Waals surface area contributed by atoms with E-state index in [9.17, 15) is 4.79 Å². The van der Waals surface area contributed by atoms with Gasteiger partial charge in [0.1, 0.15) is 5.69 Å². The number of carbonyl (C=O) groups excluding carboxylic acids is 1.